The number of urea groups is 1. The standard InChI is InChI=1S/C45H40N6O5S/c52-29-31-17-19-33(20-18-31)42-27-41(30-57-45-48-49-50-51(45)38-13-3-1-4-14-38)55-43(56-42)36-12-8-11-35(26-36)34-10-7-9-32(25-34)28-46-44(53)47-37-21-23-40(24-22-37)54-39-15-5-2-6-16-39/h1-26,41-43,52H,27-30H2,(H2,46,47,53). The van der Waals surface area contributed by atoms with E-state index in [0.717, 1.165) is 44.8 Å². The highest BCUT2D eigenvalue weighted by molar-refractivity contribution is 7.99. The van der Waals surface area contributed by atoms with E-state index in [1.807, 2.05) is 127 Å². The fraction of sp³-hybridized carbons (Fsp3) is 0.156. The summed E-state index contributed by atoms with van der Waals surface area (Å²) in [4.78, 5) is 12.8. The zero-order valence-corrected chi connectivity index (χ0v) is 31.7. The van der Waals surface area contributed by atoms with Gasteiger partial charge in [0.25, 0.3) is 0 Å². The normalized spacial score (nSPS) is 16.5. The Balaban J connectivity index is 0.932. The largest absolute Gasteiger partial charge is 0.457 e. The molecule has 12 heteroatoms. The Morgan fingerprint density at radius 3 is 2.25 bits per heavy atom. The van der Waals surface area contributed by atoms with Gasteiger partial charge in [-0.15, -0.1) is 5.10 Å². The molecule has 11 nitrogen and oxygen atoms in total. The molecule has 57 heavy (non-hydrogen) atoms. The molecule has 0 saturated carbocycles. The third-order valence-corrected chi connectivity index (χ3v) is 10.5. The molecule has 3 N–H and O–H groups in total. The summed E-state index contributed by atoms with van der Waals surface area (Å²) in [7, 11) is 0. The van der Waals surface area contributed by atoms with E-state index in [9.17, 15) is 9.90 Å². The molecule has 0 radical (unpaired) electrons. The Labute approximate surface area is 334 Å². The summed E-state index contributed by atoms with van der Waals surface area (Å²) >= 11 is 1.54. The number of aliphatic hydroxyl groups excluding tert-OH is 1. The van der Waals surface area contributed by atoms with Crippen LogP contribution in [-0.4, -0.2) is 43.2 Å². The van der Waals surface area contributed by atoms with Crippen molar-refractivity contribution in [1.29, 1.82) is 0 Å². The molecule has 1 fully saturated rings. The van der Waals surface area contributed by atoms with Crippen LogP contribution in [0.25, 0.3) is 16.8 Å². The van der Waals surface area contributed by atoms with Gasteiger partial charge in [0.05, 0.1) is 24.5 Å². The van der Waals surface area contributed by atoms with Crippen molar-refractivity contribution in [1.82, 2.24) is 25.5 Å². The number of nitrogens with zero attached hydrogens (tertiary/aromatic N) is 4. The molecule has 0 aliphatic carbocycles. The van der Waals surface area contributed by atoms with Gasteiger partial charge in [-0.1, -0.05) is 109 Å². The molecule has 286 valence electrons. The van der Waals surface area contributed by atoms with Crippen molar-refractivity contribution in [2.75, 3.05) is 11.1 Å². The van der Waals surface area contributed by atoms with Gasteiger partial charge in [-0.2, -0.15) is 4.68 Å². The molecule has 1 saturated heterocycles. The summed E-state index contributed by atoms with van der Waals surface area (Å²) in [5.41, 5.74) is 7.22. The van der Waals surface area contributed by atoms with Crippen LogP contribution in [0.5, 0.6) is 11.5 Å². The molecular formula is C45H40N6O5S. The summed E-state index contributed by atoms with van der Waals surface area (Å²) in [6.45, 7) is 0.317. The third-order valence-electron chi connectivity index (χ3n) is 9.42. The SMILES string of the molecule is O=C(NCc1cccc(-c2cccc(C3OC(CSc4nnnn4-c4ccccc4)CC(c4ccc(CO)cc4)O3)c2)c1)Nc1ccc(Oc2ccccc2)cc1. The Hall–Kier alpha value is -6.31. The average molecular weight is 777 g/mol. The number of para-hydroxylation sites is 2. The number of hydrogen-bond donors (Lipinski definition) is 3. The van der Waals surface area contributed by atoms with E-state index in [-0.39, 0.29) is 24.8 Å². The highest BCUT2D eigenvalue weighted by atomic mass is 32.2. The van der Waals surface area contributed by atoms with Crippen LogP contribution in [-0.2, 0) is 22.6 Å². The Bertz CT molecular complexity index is 2380. The first-order chi connectivity index (χ1) is 28.1. The van der Waals surface area contributed by atoms with Crippen LogP contribution in [0.15, 0.2) is 163 Å². The monoisotopic (exact) mass is 776 g/mol. The summed E-state index contributed by atoms with van der Waals surface area (Å²) < 4.78 is 20.9. The number of tetrazole rings is 1. The minimum atomic E-state index is -0.635. The van der Waals surface area contributed by atoms with Crippen LogP contribution in [0.1, 0.15) is 41.1 Å². The number of nitrogens with one attached hydrogen (secondary N) is 2. The summed E-state index contributed by atoms with van der Waals surface area (Å²) in [5.74, 6) is 2.03. The Kier molecular flexibility index (Phi) is 11.9. The molecule has 1 aliphatic heterocycles. The first-order valence-electron chi connectivity index (χ1n) is 18.6. The Morgan fingerprint density at radius 2 is 1.47 bits per heavy atom. The molecule has 6 aromatic carbocycles. The van der Waals surface area contributed by atoms with E-state index in [0.29, 0.717) is 35.3 Å². The van der Waals surface area contributed by atoms with Gasteiger partial charge < -0.3 is 30.0 Å². The van der Waals surface area contributed by atoms with Crippen LogP contribution in [0.3, 0.4) is 0 Å². The van der Waals surface area contributed by atoms with Gasteiger partial charge in [-0.25, -0.2) is 4.79 Å². The number of aliphatic hydroxyl groups is 1. The fourth-order valence-electron chi connectivity index (χ4n) is 6.50. The quantitative estimate of drug-likeness (QED) is 0.0981. The van der Waals surface area contributed by atoms with Gasteiger partial charge in [0.15, 0.2) is 6.29 Å². The van der Waals surface area contributed by atoms with E-state index in [1.165, 1.54) is 11.8 Å². The second-order valence-corrected chi connectivity index (χ2v) is 14.4. The van der Waals surface area contributed by atoms with Gasteiger partial charge in [-0.3, -0.25) is 0 Å². The molecule has 1 aromatic heterocycles. The number of hydrogen-bond acceptors (Lipinski definition) is 9. The Morgan fingerprint density at radius 1 is 0.754 bits per heavy atom. The highest BCUT2D eigenvalue weighted by Crippen LogP contribution is 2.40. The number of benzene rings is 6. The number of ether oxygens (including phenoxy) is 3. The van der Waals surface area contributed by atoms with Crippen molar-refractivity contribution >= 4 is 23.5 Å². The number of aromatic nitrogens is 4. The van der Waals surface area contributed by atoms with Crippen LogP contribution in [0.2, 0.25) is 0 Å². The number of carbonyl (C=O) groups is 1. The molecule has 0 bridgehead atoms. The predicted octanol–water partition coefficient (Wildman–Crippen LogP) is 9.27. The molecule has 2 heterocycles. The zero-order valence-electron chi connectivity index (χ0n) is 30.8. The maximum Gasteiger partial charge on any atom is 0.319 e. The first kappa shape index (κ1) is 37.6. The van der Waals surface area contributed by atoms with Gasteiger partial charge in [0, 0.05) is 30.0 Å². The molecule has 3 atom stereocenters. The van der Waals surface area contributed by atoms with Crippen molar-refractivity contribution in [3.05, 3.63) is 180 Å². The van der Waals surface area contributed by atoms with Crippen LogP contribution in [0, 0.1) is 0 Å². The van der Waals surface area contributed by atoms with E-state index in [2.05, 4.69) is 44.4 Å². The first-order valence-corrected chi connectivity index (χ1v) is 19.6. The second kappa shape index (κ2) is 18.1. The van der Waals surface area contributed by atoms with Gasteiger partial charge in [0.1, 0.15) is 11.5 Å². The van der Waals surface area contributed by atoms with Gasteiger partial charge in [-0.05, 0) is 98.9 Å². The van der Waals surface area contributed by atoms with Crippen LogP contribution < -0.4 is 15.4 Å². The van der Waals surface area contributed by atoms with Gasteiger partial charge >= 0.3 is 6.03 Å². The number of amides is 2. The fourth-order valence-corrected chi connectivity index (χ4v) is 7.41. The highest BCUT2D eigenvalue weighted by Gasteiger charge is 2.33. The molecule has 0 spiro atoms. The maximum absolute atomic E-state index is 12.8. The van der Waals surface area contributed by atoms with Crippen molar-refractivity contribution in [3.8, 4) is 28.3 Å². The van der Waals surface area contributed by atoms with Crippen molar-refractivity contribution in [2.45, 2.75) is 43.2 Å². The topological polar surface area (TPSA) is 133 Å². The number of carbonyl (C=O) groups excluding carboxylic acids is 1. The van der Waals surface area contributed by atoms with E-state index < -0.39 is 6.29 Å². The molecule has 7 aromatic rings. The predicted molar refractivity (Wildman–Crippen MR) is 219 cm³/mol. The maximum atomic E-state index is 12.8. The number of rotatable bonds is 13. The number of thioether (sulfide) groups is 1. The smallest absolute Gasteiger partial charge is 0.319 e. The lowest BCUT2D eigenvalue weighted by Gasteiger charge is -2.36. The van der Waals surface area contributed by atoms with Crippen LogP contribution in [0.4, 0.5) is 10.5 Å². The summed E-state index contributed by atoms with van der Waals surface area (Å²) in [5, 5.41) is 28.6. The summed E-state index contributed by atoms with van der Waals surface area (Å²) in [6.07, 6.45) is -0.422. The molecule has 8 rings (SSSR count). The zero-order chi connectivity index (χ0) is 38.8. The number of anilines is 1. The van der Waals surface area contributed by atoms with E-state index in [1.54, 1.807) is 16.8 Å². The van der Waals surface area contributed by atoms with Gasteiger partial charge in [0.2, 0.25) is 5.16 Å². The molecule has 2 amide bonds. The van der Waals surface area contributed by atoms with E-state index in [4.69, 9.17) is 14.2 Å². The average Bonchev–Trinajstić information content (AvgIpc) is 3.75. The molecule has 3 unspecified atom stereocenters. The van der Waals surface area contributed by atoms with Crippen LogP contribution >= 0.6 is 11.8 Å². The van der Waals surface area contributed by atoms with Crippen molar-refractivity contribution in [2.24, 2.45) is 0 Å². The van der Waals surface area contributed by atoms with Crippen molar-refractivity contribution < 1.29 is 24.1 Å². The lowest BCUT2D eigenvalue weighted by molar-refractivity contribution is -0.245. The third kappa shape index (κ3) is 9.74. The second-order valence-electron chi connectivity index (χ2n) is 13.4. The lowest BCUT2D eigenvalue weighted by Crippen LogP contribution is -2.31. The lowest BCUT2D eigenvalue weighted by atomic mass is 9.99. The minimum absolute atomic E-state index is 0.0231. The molecule has 1 aliphatic rings. The minimum Gasteiger partial charge on any atom is -0.457 e. The summed E-state index contributed by atoms with van der Waals surface area (Å²) in [6, 6.07) is 50.4. The molecular weight excluding hydrogens is 737 g/mol. The van der Waals surface area contributed by atoms with E-state index >= 15 is 0 Å². The van der Waals surface area contributed by atoms with Crippen molar-refractivity contribution in [3.63, 3.8) is 0 Å².